The first-order valence-electron chi connectivity index (χ1n) is 7.59. The normalized spacial score (nSPS) is 11.9. The van der Waals surface area contributed by atoms with Crippen molar-refractivity contribution in [3.8, 4) is 11.5 Å². The molecule has 0 aromatic heterocycles. The van der Waals surface area contributed by atoms with Crippen LogP contribution in [0, 0.1) is 0 Å². The number of halogens is 1. The molecule has 0 aliphatic rings. The Balaban J connectivity index is 2.82. The van der Waals surface area contributed by atoms with Crippen LogP contribution >= 0.6 is 11.6 Å². The Morgan fingerprint density at radius 1 is 1.33 bits per heavy atom. The second-order valence-corrected chi connectivity index (χ2v) is 5.18. The molecule has 0 bridgehead atoms. The average molecular weight is 356 g/mol. The van der Waals surface area contributed by atoms with E-state index in [1.807, 2.05) is 6.92 Å². The van der Waals surface area contributed by atoms with Crippen LogP contribution in [-0.4, -0.2) is 38.2 Å². The molecule has 7 heteroatoms. The van der Waals surface area contributed by atoms with Gasteiger partial charge in [0.1, 0.15) is 0 Å². The molecule has 1 N–H and O–H groups in total. The smallest absolute Gasteiger partial charge is 0.331 e. The third kappa shape index (κ3) is 5.77. The van der Waals surface area contributed by atoms with Crippen LogP contribution in [-0.2, 0) is 14.3 Å². The predicted molar refractivity (Wildman–Crippen MR) is 92.4 cm³/mol. The van der Waals surface area contributed by atoms with Gasteiger partial charge in [0, 0.05) is 12.6 Å². The van der Waals surface area contributed by atoms with E-state index in [1.54, 1.807) is 19.1 Å². The summed E-state index contributed by atoms with van der Waals surface area (Å²) in [5, 5.41) is 2.95. The van der Waals surface area contributed by atoms with E-state index in [9.17, 15) is 9.59 Å². The molecule has 0 aliphatic carbocycles. The second-order valence-electron chi connectivity index (χ2n) is 4.77. The molecule has 1 aromatic rings. The number of ether oxygens (including phenoxy) is 3. The zero-order valence-electron chi connectivity index (χ0n) is 14.2. The summed E-state index contributed by atoms with van der Waals surface area (Å²) < 4.78 is 15.7. The van der Waals surface area contributed by atoms with Crippen molar-refractivity contribution in [2.45, 2.75) is 26.9 Å². The van der Waals surface area contributed by atoms with Crippen LogP contribution in [0.5, 0.6) is 11.5 Å². The van der Waals surface area contributed by atoms with Crippen LogP contribution < -0.4 is 14.8 Å². The van der Waals surface area contributed by atoms with Crippen LogP contribution in [0.3, 0.4) is 0 Å². The number of rotatable bonds is 8. The topological polar surface area (TPSA) is 73.9 Å². The van der Waals surface area contributed by atoms with Gasteiger partial charge in [-0.15, -0.1) is 0 Å². The standard InChI is InChI=1S/C17H22ClNO5/c1-5-19-17(21)11(3)24-15(20)8-7-12-9-13(18)16(22-4)14(10-12)23-6-2/h7-11H,5-6H2,1-4H3,(H,19,21)/b8-7+/t11-/m0/s1. The summed E-state index contributed by atoms with van der Waals surface area (Å²) in [5.41, 5.74) is 0.645. The van der Waals surface area contributed by atoms with Crippen molar-refractivity contribution < 1.29 is 23.8 Å². The maximum Gasteiger partial charge on any atom is 0.331 e. The molecule has 1 amide bonds. The predicted octanol–water partition coefficient (Wildman–Crippen LogP) is 2.83. The maximum absolute atomic E-state index is 11.8. The van der Waals surface area contributed by atoms with Crippen LogP contribution in [0.4, 0.5) is 0 Å². The van der Waals surface area contributed by atoms with E-state index in [1.165, 1.54) is 26.2 Å². The van der Waals surface area contributed by atoms with Crippen molar-refractivity contribution in [2.75, 3.05) is 20.3 Å². The lowest BCUT2D eigenvalue weighted by Gasteiger charge is -2.12. The summed E-state index contributed by atoms with van der Waals surface area (Å²) in [6.07, 6.45) is 1.89. The highest BCUT2D eigenvalue weighted by Crippen LogP contribution is 2.36. The third-order valence-corrected chi connectivity index (χ3v) is 3.24. The minimum absolute atomic E-state index is 0.342. The second kappa shape index (κ2) is 9.82. The van der Waals surface area contributed by atoms with E-state index in [4.69, 9.17) is 25.8 Å². The maximum atomic E-state index is 11.8. The molecule has 0 spiro atoms. The summed E-state index contributed by atoms with van der Waals surface area (Å²) in [6.45, 7) is 6.06. The number of hydrogen-bond donors (Lipinski definition) is 1. The van der Waals surface area contributed by atoms with Gasteiger partial charge in [-0.1, -0.05) is 11.6 Å². The Hall–Kier alpha value is -2.21. The minimum atomic E-state index is -0.861. The van der Waals surface area contributed by atoms with Gasteiger partial charge < -0.3 is 19.5 Å². The Morgan fingerprint density at radius 3 is 2.62 bits per heavy atom. The van der Waals surface area contributed by atoms with E-state index in [-0.39, 0.29) is 5.91 Å². The number of esters is 1. The van der Waals surface area contributed by atoms with Crippen molar-refractivity contribution in [1.82, 2.24) is 5.32 Å². The van der Waals surface area contributed by atoms with Crippen molar-refractivity contribution >= 4 is 29.6 Å². The number of carbonyl (C=O) groups is 2. The van der Waals surface area contributed by atoms with Crippen LogP contribution in [0.25, 0.3) is 6.08 Å². The number of benzene rings is 1. The van der Waals surface area contributed by atoms with E-state index in [0.717, 1.165) is 0 Å². The molecule has 0 heterocycles. The van der Waals surface area contributed by atoms with Crippen molar-refractivity contribution in [3.63, 3.8) is 0 Å². The summed E-state index contributed by atoms with van der Waals surface area (Å²) >= 11 is 6.14. The minimum Gasteiger partial charge on any atom is -0.491 e. The summed E-state index contributed by atoms with van der Waals surface area (Å²) in [7, 11) is 1.50. The molecule has 1 aromatic carbocycles. The summed E-state index contributed by atoms with van der Waals surface area (Å²) in [4.78, 5) is 23.3. The summed E-state index contributed by atoms with van der Waals surface area (Å²) in [6, 6.07) is 3.34. The van der Waals surface area contributed by atoms with Gasteiger partial charge in [-0.3, -0.25) is 4.79 Å². The lowest BCUT2D eigenvalue weighted by Crippen LogP contribution is -2.35. The zero-order chi connectivity index (χ0) is 18.1. The molecule has 0 saturated heterocycles. The molecular weight excluding hydrogens is 334 g/mol. The van der Waals surface area contributed by atoms with Crippen molar-refractivity contribution in [1.29, 1.82) is 0 Å². The highest BCUT2D eigenvalue weighted by molar-refractivity contribution is 6.32. The Morgan fingerprint density at radius 2 is 2.04 bits per heavy atom. The lowest BCUT2D eigenvalue weighted by atomic mass is 10.2. The molecule has 132 valence electrons. The molecule has 0 aliphatic heterocycles. The fourth-order valence-electron chi connectivity index (χ4n) is 1.89. The zero-order valence-corrected chi connectivity index (χ0v) is 15.0. The van der Waals surface area contributed by atoms with E-state index in [2.05, 4.69) is 5.32 Å². The van der Waals surface area contributed by atoms with E-state index >= 15 is 0 Å². The SMILES string of the molecule is CCNC(=O)[C@H](C)OC(=O)/C=C/c1cc(Cl)c(OC)c(OCC)c1. The molecule has 0 fully saturated rings. The van der Waals surface area contributed by atoms with Gasteiger partial charge in [0.05, 0.1) is 18.7 Å². The first-order chi connectivity index (χ1) is 11.4. The molecular formula is C17H22ClNO5. The van der Waals surface area contributed by atoms with Gasteiger partial charge in [-0.2, -0.15) is 0 Å². The van der Waals surface area contributed by atoms with Gasteiger partial charge in [0.25, 0.3) is 5.91 Å². The third-order valence-electron chi connectivity index (χ3n) is 2.96. The number of amides is 1. The van der Waals surface area contributed by atoms with E-state index < -0.39 is 12.1 Å². The molecule has 0 unspecified atom stereocenters. The van der Waals surface area contributed by atoms with Crippen LogP contribution in [0.2, 0.25) is 5.02 Å². The number of methoxy groups -OCH3 is 1. The van der Waals surface area contributed by atoms with Crippen LogP contribution in [0.1, 0.15) is 26.3 Å². The van der Waals surface area contributed by atoms with Crippen molar-refractivity contribution in [2.24, 2.45) is 0 Å². The monoisotopic (exact) mass is 355 g/mol. The largest absolute Gasteiger partial charge is 0.491 e. The lowest BCUT2D eigenvalue weighted by molar-refractivity contribution is -0.150. The van der Waals surface area contributed by atoms with Crippen molar-refractivity contribution in [3.05, 3.63) is 28.8 Å². The number of likely N-dealkylation sites (N-methyl/N-ethyl adjacent to an activating group) is 1. The highest BCUT2D eigenvalue weighted by Gasteiger charge is 2.15. The molecule has 6 nitrogen and oxygen atoms in total. The quantitative estimate of drug-likeness (QED) is 0.573. The molecule has 0 saturated carbocycles. The van der Waals surface area contributed by atoms with Gasteiger partial charge >= 0.3 is 5.97 Å². The van der Waals surface area contributed by atoms with Crippen LogP contribution in [0.15, 0.2) is 18.2 Å². The first-order valence-corrected chi connectivity index (χ1v) is 7.97. The Bertz CT molecular complexity index is 615. The first kappa shape index (κ1) is 19.8. The molecule has 1 atom stereocenters. The Labute approximate surface area is 146 Å². The van der Waals surface area contributed by atoms with Gasteiger partial charge in [0.15, 0.2) is 17.6 Å². The van der Waals surface area contributed by atoms with Gasteiger partial charge in [-0.05, 0) is 44.5 Å². The average Bonchev–Trinajstić information content (AvgIpc) is 2.53. The molecule has 1 rings (SSSR count). The van der Waals surface area contributed by atoms with Gasteiger partial charge in [0.2, 0.25) is 0 Å². The number of carbonyl (C=O) groups excluding carboxylic acids is 2. The molecule has 24 heavy (non-hydrogen) atoms. The van der Waals surface area contributed by atoms with Gasteiger partial charge in [-0.25, -0.2) is 4.79 Å². The van der Waals surface area contributed by atoms with E-state index in [0.29, 0.717) is 35.2 Å². The fraction of sp³-hybridized carbons (Fsp3) is 0.412. The summed E-state index contributed by atoms with van der Waals surface area (Å²) in [5.74, 6) is -0.0525. The highest BCUT2D eigenvalue weighted by atomic mass is 35.5. The Kier molecular flexibility index (Phi) is 8.12. The number of nitrogens with one attached hydrogen (secondary N) is 1. The molecule has 0 radical (unpaired) electrons. The number of hydrogen-bond acceptors (Lipinski definition) is 5. The fourth-order valence-corrected chi connectivity index (χ4v) is 2.19.